The average molecular weight is 1370 g/mol. The number of halogens is 2. The number of likely N-dealkylation sites (tertiary alicyclic amines) is 3. The van der Waals surface area contributed by atoms with Crippen LogP contribution in [0.15, 0.2) is 88.7 Å². The van der Waals surface area contributed by atoms with Crippen molar-refractivity contribution in [2.75, 3.05) is 101 Å². The molecule has 101 heavy (non-hydrogen) atoms. The molecule has 10 heterocycles. The van der Waals surface area contributed by atoms with Crippen LogP contribution in [-0.2, 0) is 25.9 Å². The number of hydrogen-bond donors (Lipinski definition) is 8. The zero-order chi connectivity index (χ0) is 71.1. The number of pyridine rings is 2. The van der Waals surface area contributed by atoms with E-state index in [0.29, 0.717) is 106 Å². The number of aromatic nitrogens is 6. The Hall–Kier alpha value is -10.0. The molecular formula is C77H90F2N16O6. The van der Waals surface area contributed by atoms with Crippen molar-refractivity contribution in [2.24, 2.45) is 0 Å². The van der Waals surface area contributed by atoms with Crippen LogP contribution >= 0.6 is 0 Å². The van der Waals surface area contributed by atoms with Gasteiger partial charge in [-0.1, -0.05) is 12.1 Å². The zero-order valence-corrected chi connectivity index (χ0v) is 58.7. The van der Waals surface area contributed by atoms with Gasteiger partial charge in [0.2, 0.25) is 0 Å². The maximum atomic E-state index is 13.8. The molecule has 4 aromatic heterocycles. The number of aryl methyl sites for hydroxylation is 4. The smallest absolute Gasteiger partial charge is 0.261 e. The summed E-state index contributed by atoms with van der Waals surface area (Å²) in [6.07, 6.45) is 11.7. The summed E-state index contributed by atoms with van der Waals surface area (Å²) in [5.74, 6) is -0.0411. The summed E-state index contributed by atoms with van der Waals surface area (Å²) in [6.45, 7) is 25.7. The van der Waals surface area contributed by atoms with Crippen molar-refractivity contribution in [1.82, 2.24) is 59.3 Å². The molecule has 6 aliphatic heterocycles. The Morgan fingerprint density at radius 3 is 1.49 bits per heavy atom. The third-order valence-corrected chi connectivity index (χ3v) is 21.1. The molecule has 0 saturated carbocycles. The van der Waals surface area contributed by atoms with E-state index >= 15 is 0 Å². The number of fused-ring (bicyclic) bond motifs is 5. The molecule has 9 aromatic rings. The lowest BCUT2D eigenvalue weighted by molar-refractivity contribution is 0.0638. The van der Waals surface area contributed by atoms with Gasteiger partial charge in [-0.3, -0.25) is 33.7 Å². The van der Waals surface area contributed by atoms with Gasteiger partial charge in [-0.15, -0.1) is 0 Å². The first-order valence-corrected chi connectivity index (χ1v) is 35.4. The van der Waals surface area contributed by atoms with Gasteiger partial charge in [0.15, 0.2) is 0 Å². The van der Waals surface area contributed by atoms with Crippen molar-refractivity contribution in [3.8, 4) is 22.8 Å². The van der Waals surface area contributed by atoms with Crippen LogP contribution in [0.5, 0.6) is 0 Å². The van der Waals surface area contributed by atoms with Crippen LogP contribution in [0.2, 0.25) is 0 Å². The first kappa shape index (κ1) is 69.4. The highest BCUT2D eigenvalue weighted by Gasteiger charge is 2.39. The average Bonchev–Trinajstić information content (AvgIpc) is 1.61. The molecule has 5 aromatic carbocycles. The van der Waals surface area contributed by atoms with Crippen LogP contribution in [0.25, 0.3) is 44.8 Å². The molecular weight excluding hydrogens is 1280 g/mol. The fraction of sp³-hybridized carbons (Fsp3) is 0.403. The van der Waals surface area contributed by atoms with Gasteiger partial charge >= 0.3 is 0 Å². The van der Waals surface area contributed by atoms with E-state index in [1.54, 1.807) is 43.6 Å². The second-order valence-electron chi connectivity index (χ2n) is 28.1. The topological polar surface area (TPSA) is 287 Å². The molecule has 0 bridgehead atoms. The van der Waals surface area contributed by atoms with Gasteiger partial charge in [-0.05, 0) is 244 Å². The molecule has 4 amide bonds. The van der Waals surface area contributed by atoms with Gasteiger partial charge in [0, 0.05) is 88.0 Å². The number of nitrogens with zero attached hydrogens (tertiary/aromatic N) is 8. The van der Waals surface area contributed by atoms with Crippen molar-refractivity contribution in [1.29, 1.82) is 0 Å². The molecule has 3 fully saturated rings. The van der Waals surface area contributed by atoms with Crippen molar-refractivity contribution in [2.45, 2.75) is 125 Å². The molecule has 15 rings (SSSR count). The number of hydrogen-bond acceptors (Lipinski definition) is 15. The largest absolute Gasteiger partial charge is 0.397 e. The number of nitrogens with two attached hydrogens (primary N) is 2. The predicted octanol–water partition coefficient (Wildman–Crippen LogP) is 10.4. The lowest BCUT2D eigenvalue weighted by Crippen LogP contribution is -2.37. The number of nitrogen functional groups attached to an aromatic ring is 2. The molecule has 22 nitrogen and oxygen atoms in total. The first-order chi connectivity index (χ1) is 48.6. The quantitative estimate of drug-likeness (QED) is 0.0276. The fourth-order valence-electron chi connectivity index (χ4n) is 15.4. The standard InChI is InChI=1S/2C31H35FN6O2.C15H20N4O2/c1-18-6-7-23(32)15-21(18)14-19(2)34-24-8-9-33-30(39)27(24)29-35-25-16-22-17-38(13-12-37-10-4-5-11-37)31(40)26(22)20(3)28(25)36-29;1-18-6-7-22(32)15-21(18)14-19(2)34-25-8-9-33-30(39)27(25)29-35-26-16-23-24(20(3)28(26)36-29)17-38(31(23)40)13-12-37-10-4-5-11-37;1-9-12-10(8-11(16)13(9)17)14(20)19(15(12)21)7-6-18-4-2-3-5-18/h2*6-9,15-16,19H,4-5,10-14,17H2,1-3H3,(H,35,36)(H2,33,34,39);8H,2-7,16-17H2,1H3/t2*19-;/m00./s1. The summed E-state index contributed by atoms with van der Waals surface area (Å²) in [5, 5.41) is 6.86. The van der Waals surface area contributed by atoms with Crippen LogP contribution in [0.3, 0.4) is 0 Å². The fourth-order valence-corrected chi connectivity index (χ4v) is 15.4. The summed E-state index contributed by atoms with van der Waals surface area (Å²) in [6, 6.07) is 18.5. The summed E-state index contributed by atoms with van der Waals surface area (Å²) in [4.78, 5) is 112. The van der Waals surface area contributed by atoms with Crippen LogP contribution in [0.4, 0.5) is 31.5 Å². The lowest BCUT2D eigenvalue weighted by atomic mass is 10.0. The minimum absolute atomic E-state index is 0.0525. The summed E-state index contributed by atoms with van der Waals surface area (Å²) in [5.41, 5.74) is 27.5. The Morgan fingerprint density at radius 1 is 0.495 bits per heavy atom. The lowest BCUT2D eigenvalue weighted by Gasteiger charge is -2.20. The molecule has 6 aliphatic rings. The van der Waals surface area contributed by atoms with Gasteiger partial charge < -0.3 is 66.5 Å². The van der Waals surface area contributed by atoms with Crippen LogP contribution < -0.4 is 33.2 Å². The third kappa shape index (κ3) is 14.4. The van der Waals surface area contributed by atoms with Crippen LogP contribution in [0.1, 0.15) is 144 Å². The third-order valence-electron chi connectivity index (χ3n) is 21.1. The highest BCUT2D eigenvalue weighted by atomic mass is 19.1. The maximum Gasteiger partial charge on any atom is 0.261 e. The minimum Gasteiger partial charge on any atom is -0.397 e. The summed E-state index contributed by atoms with van der Waals surface area (Å²) >= 11 is 0. The summed E-state index contributed by atoms with van der Waals surface area (Å²) in [7, 11) is 0. The summed E-state index contributed by atoms with van der Waals surface area (Å²) < 4.78 is 27.7. The number of carbonyl (C=O) groups is 4. The van der Waals surface area contributed by atoms with Crippen LogP contribution in [-0.4, -0.2) is 174 Å². The molecule has 2 atom stereocenters. The Bertz CT molecular complexity index is 4690. The molecule has 528 valence electrons. The first-order valence-electron chi connectivity index (χ1n) is 35.4. The van der Waals surface area contributed by atoms with Gasteiger partial charge in [0.1, 0.15) is 34.4 Å². The molecule has 0 radical (unpaired) electrons. The molecule has 0 aliphatic carbocycles. The highest BCUT2D eigenvalue weighted by Crippen LogP contribution is 2.37. The van der Waals surface area contributed by atoms with Crippen molar-refractivity contribution >= 4 is 68.4 Å². The van der Waals surface area contributed by atoms with Gasteiger partial charge in [-0.25, -0.2) is 18.7 Å². The van der Waals surface area contributed by atoms with Gasteiger partial charge in [0.05, 0.1) is 55.9 Å². The normalized spacial score (nSPS) is 16.7. The van der Waals surface area contributed by atoms with E-state index in [-0.39, 0.29) is 58.5 Å². The Balaban J connectivity index is 0.000000142. The van der Waals surface area contributed by atoms with E-state index in [4.69, 9.17) is 21.4 Å². The number of imidazole rings is 2. The van der Waals surface area contributed by atoms with E-state index < -0.39 is 0 Å². The number of carbonyl (C=O) groups excluding carboxylic acids is 4. The second-order valence-corrected chi connectivity index (χ2v) is 28.1. The second kappa shape index (κ2) is 29.3. The Kier molecular flexibility index (Phi) is 20.1. The van der Waals surface area contributed by atoms with E-state index in [1.807, 2.05) is 75.6 Å². The molecule has 0 unspecified atom stereocenters. The van der Waals surface area contributed by atoms with E-state index in [9.17, 15) is 37.5 Å². The monoisotopic (exact) mass is 1370 g/mol. The molecule has 0 spiro atoms. The zero-order valence-electron chi connectivity index (χ0n) is 58.7. The van der Waals surface area contributed by atoms with E-state index in [2.05, 4.69) is 45.3 Å². The van der Waals surface area contributed by atoms with Gasteiger partial charge in [-0.2, -0.15) is 0 Å². The highest BCUT2D eigenvalue weighted by molar-refractivity contribution is 6.23. The number of rotatable bonds is 19. The van der Waals surface area contributed by atoms with Crippen molar-refractivity contribution in [3.05, 3.63) is 184 Å². The van der Waals surface area contributed by atoms with Gasteiger partial charge in [0.25, 0.3) is 34.7 Å². The number of nitrogens with one attached hydrogen (secondary N) is 6. The number of imide groups is 1. The molecule has 3 saturated heterocycles. The number of H-pyrrole nitrogens is 4. The van der Waals surface area contributed by atoms with Crippen molar-refractivity contribution in [3.63, 3.8) is 0 Å². The minimum atomic E-state index is -0.271. The molecule has 24 heteroatoms. The Labute approximate surface area is 585 Å². The maximum absolute atomic E-state index is 13.8. The van der Waals surface area contributed by atoms with Crippen LogP contribution in [0, 0.1) is 46.3 Å². The SMILES string of the molecule is Cc1c(N)c(N)cc2c1C(=O)N(CCN1CCCC1)C2=O.Cc1ccc(F)cc1C[C@H](C)Nc1cc[nH]c(=O)c1-c1nc2c(C)c3c(cc2[nH]1)C(=O)N(CCN1CCCC1)C3.Cc1ccc(F)cc1C[C@H](C)Nc1cc[nH]c(=O)c1-c1nc2c(C)c3c(cc2[nH]1)CN(CCN1CCCC1)C3=O. The van der Waals surface area contributed by atoms with E-state index in [1.165, 1.54) is 61.6 Å². The number of benzene rings is 5. The number of aromatic amines is 4. The predicted molar refractivity (Wildman–Crippen MR) is 392 cm³/mol. The number of anilines is 4. The van der Waals surface area contributed by atoms with E-state index in [0.717, 1.165) is 139 Å². The molecule has 10 N–H and O–H groups in total. The number of amides is 4. The Morgan fingerprint density at radius 2 is 0.970 bits per heavy atom. The van der Waals surface area contributed by atoms with Crippen molar-refractivity contribution < 1.29 is 28.0 Å².